The fourth-order valence-corrected chi connectivity index (χ4v) is 4.35. The summed E-state index contributed by atoms with van der Waals surface area (Å²) in [6.45, 7) is 0. The number of fused-ring (bicyclic) bond motifs is 3. The van der Waals surface area contributed by atoms with Gasteiger partial charge in [-0.3, -0.25) is 9.59 Å². The van der Waals surface area contributed by atoms with Crippen LogP contribution in [0.1, 0.15) is 23.5 Å². The van der Waals surface area contributed by atoms with Gasteiger partial charge in [-0.1, -0.05) is 30.3 Å². The highest BCUT2D eigenvalue weighted by Gasteiger charge is 2.37. The van der Waals surface area contributed by atoms with Gasteiger partial charge in [-0.25, -0.2) is 0 Å². The Bertz CT molecular complexity index is 1510. The van der Waals surface area contributed by atoms with Crippen molar-refractivity contribution in [1.29, 1.82) is 0 Å². The summed E-state index contributed by atoms with van der Waals surface area (Å²) in [4.78, 5) is 25.6. The second-order valence-electron chi connectivity index (χ2n) is 7.99. The molecular weight excluding hydrogens is 456 g/mol. The molecule has 1 unspecified atom stereocenters. The fraction of sp³-hybridized carbons (Fsp3) is 0.154. The van der Waals surface area contributed by atoms with Gasteiger partial charge in [0.2, 0.25) is 11.5 Å². The number of phenolic OH excluding ortho intramolecular Hbond substituents is 3. The first-order valence-electron chi connectivity index (χ1n) is 10.6. The molecule has 35 heavy (non-hydrogen) atoms. The summed E-state index contributed by atoms with van der Waals surface area (Å²) in [7, 11) is 2.73. The van der Waals surface area contributed by atoms with E-state index in [2.05, 4.69) is 0 Å². The van der Waals surface area contributed by atoms with Crippen LogP contribution in [0.3, 0.4) is 0 Å². The molecule has 0 aliphatic carbocycles. The van der Waals surface area contributed by atoms with E-state index in [1.807, 2.05) is 6.07 Å². The van der Waals surface area contributed by atoms with Crippen molar-refractivity contribution in [1.82, 2.24) is 0 Å². The summed E-state index contributed by atoms with van der Waals surface area (Å²) in [6.07, 6.45) is -0.178. The number of aromatic hydroxyl groups is 3. The molecule has 9 nitrogen and oxygen atoms in total. The monoisotopic (exact) mass is 476 g/mol. The lowest BCUT2D eigenvalue weighted by Gasteiger charge is -2.27. The predicted octanol–water partition coefficient (Wildman–Crippen LogP) is 4.04. The van der Waals surface area contributed by atoms with Crippen molar-refractivity contribution in [3.63, 3.8) is 0 Å². The van der Waals surface area contributed by atoms with E-state index in [0.29, 0.717) is 11.1 Å². The Hall–Kier alpha value is -4.66. The molecule has 5 rings (SSSR count). The van der Waals surface area contributed by atoms with Crippen LogP contribution in [0, 0.1) is 0 Å². The van der Waals surface area contributed by atoms with Crippen LogP contribution in [-0.2, 0) is 4.79 Å². The quantitative estimate of drug-likeness (QED) is 0.226. The molecule has 3 aromatic carbocycles. The second kappa shape index (κ2) is 8.28. The second-order valence-corrected chi connectivity index (χ2v) is 7.99. The molecular formula is C26H20O9. The first-order chi connectivity index (χ1) is 16.8. The number of methoxy groups -OCH3 is 2. The number of esters is 1. The van der Waals surface area contributed by atoms with Gasteiger partial charge in [0.05, 0.1) is 26.2 Å². The third-order valence-electron chi connectivity index (χ3n) is 6.01. The normalized spacial score (nSPS) is 14.9. The number of ether oxygens (including phenoxy) is 3. The molecule has 9 heteroatoms. The number of carbonyl (C=O) groups is 1. The van der Waals surface area contributed by atoms with Gasteiger partial charge in [-0.2, -0.15) is 0 Å². The molecule has 0 saturated carbocycles. The number of hydrogen-bond donors (Lipinski definition) is 3. The number of hydrogen-bond acceptors (Lipinski definition) is 9. The Labute approximate surface area is 198 Å². The van der Waals surface area contributed by atoms with Gasteiger partial charge in [0.25, 0.3) is 0 Å². The van der Waals surface area contributed by atoms with E-state index < -0.39 is 28.8 Å². The SMILES string of the molecule is COc1cc(C2CC(=O)Oc3c(O)c(O)c4c(=O)cc(-c5ccccc5)oc4c32)cc(OC)c1O. The van der Waals surface area contributed by atoms with Crippen LogP contribution >= 0.6 is 0 Å². The van der Waals surface area contributed by atoms with E-state index in [4.69, 9.17) is 18.6 Å². The highest BCUT2D eigenvalue weighted by atomic mass is 16.5. The zero-order valence-electron chi connectivity index (χ0n) is 18.7. The van der Waals surface area contributed by atoms with Crippen molar-refractivity contribution in [2.45, 2.75) is 12.3 Å². The van der Waals surface area contributed by atoms with Crippen LogP contribution in [0.2, 0.25) is 0 Å². The third kappa shape index (κ3) is 3.48. The van der Waals surface area contributed by atoms with E-state index in [9.17, 15) is 24.9 Å². The Morgan fingerprint density at radius 2 is 1.54 bits per heavy atom. The molecule has 0 spiro atoms. The van der Waals surface area contributed by atoms with Crippen molar-refractivity contribution in [2.24, 2.45) is 0 Å². The molecule has 0 saturated heterocycles. The summed E-state index contributed by atoms with van der Waals surface area (Å²) >= 11 is 0. The molecule has 3 N–H and O–H groups in total. The maximum absolute atomic E-state index is 13.1. The summed E-state index contributed by atoms with van der Waals surface area (Å²) in [5.41, 5.74) is 0.653. The zero-order chi connectivity index (χ0) is 24.9. The molecule has 0 radical (unpaired) electrons. The Morgan fingerprint density at radius 1 is 0.886 bits per heavy atom. The minimum atomic E-state index is -0.794. The summed E-state index contributed by atoms with van der Waals surface area (Å²) in [6, 6.07) is 13.1. The molecule has 4 aromatic rings. The van der Waals surface area contributed by atoms with Crippen molar-refractivity contribution >= 4 is 16.9 Å². The largest absolute Gasteiger partial charge is 0.504 e. The molecule has 1 aliphatic heterocycles. The summed E-state index contributed by atoms with van der Waals surface area (Å²) in [5.74, 6) is -3.08. The zero-order valence-corrected chi connectivity index (χ0v) is 18.7. The predicted molar refractivity (Wildman–Crippen MR) is 125 cm³/mol. The van der Waals surface area contributed by atoms with Crippen molar-refractivity contribution < 1.29 is 38.7 Å². The van der Waals surface area contributed by atoms with E-state index in [-0.39, 0.29) is 51.7 Å². The summed E-state index contributed by atoms with van der Waals surface area (Å²) < 4.78 is 21.9. The lowest BCUT2D eigenvalue weighted by Crippen LogP contribution is -2.22. The van der Waals surface area contributed by atoms with Crippen LogP contribution in [0.25, 0.3) is 22.3 Å². The molecule has 1 aromatic heterocycles. The molecule has 0 bridgehead atoms. The minimum absolute atomic E-state index is 0.0369. The van der Waals surface area contributed by atoms with Gasteiger partial charge in [-0.15, -0.1) is 0 Å². The number of carbonyl (C=O) groups excluding carboxylic acids is 1. The molecule has 178 valence electrons. The lowest BCUT2D eigenvalue weighted by molar-refractivity contribution is -0.135. The van der Waals surface area contributed by atoms with E-state index in [1.165, 1.54) is 32.4 Å². The van der Waals surface area contributed by atoms with Crippen molar-refractivity contribution in [3.05, 3.63) is 69.9 Å². The first kappa shape index (κ1) is 22.1. The minimum Gasteiger partial charge on any atom is -0.504 e. The highest BCUT2D eigenvalue weighted by molar-refractivity contribution is 5.96. The van der Waals surface area contributed by atoms with Gasteiger partial charge >= 0.3 is 5.97 Å². The average molecular weight is 476 g/mol. The maximum Gasteiger partial charge on any atom is 0.312 e. The van der Waals surface area contributed by atoms with Gasteiger partial charge in [0.1, 0.15) is 16.7 Å². The topological polar surface area (TPSA) is 136 Å². The standard InChI is InChI=1S/C26H20O9/c1-32-17-8-13(9-18(33-2)22(17)29)14-10-19(28)35-26-20(14)25-21(23(30)24(26)31)15(27)11-16(34-25)12-6-4-3-5-7-12/h3-9,11,14,29-31H,10H2,1-2H3. The molecule has 0 amide bonds. The maximum atomic E-state index is 13.1. The van der Waals surface area contributed by atoms with Crippen LogP contribution in [0.4, 0.5) is 0 Å². The molecule has 2 heterocycles. The highest BCUT2D eigenvalue weighted by Crippen LogP contribution is 2.53. The number of benzene rings is 3. The molecule has 0 fully saturated rings. The molecule has 1 atom stereocenters. The average Bonchev–Trinajstić information content (AvgIpc) is 2.87. The Morgan fingerprint density at radius 3 is 2.17 bits per heavy atom. The van der Waals surface area contributed by atoms with Crippen molar-refractivity contribution in [2.75, 3.05) is 14.2 Å². The third-order valence-corrected chi connectivity index (χ3v) is 6.01. The van der Waals surface area contributed by atoms with E-state index >= 15 is 0 Å². The first-order valence-corrected chi connectivity index (χ1v) is 10.6. The van der Waals surface area contributed by atoms with Crippen LogP contribution in [0.15, 0.2) is 57.7 Å². The van der Waals surface area contributed by atoms with E-state index in [1.54, 1.807) is 24.3 Å². The van der Waals surface area contributed by atoms with Crippen molar-refractivity contribution in [3.8, 4) is 45.8 Å². The van der Waals surface area contributed by atoms with Gasteiger partial charge in [0, 0.05) is 17.5 Å². The van der Waals surface area contributed by atoms with Gasteiger partial charge < -0.3 is 33.9 Å². The Balaban J connectivity index is 1.86. The van der Waals surface area contributed by atoms with Gasteiger partial charge in [0.15, 0.2) is 28.4 Å². The van der Waals surface area contributed by atoms with Gasteiger partial charge in [-0.05, 0) is 17.7 Å². The van der Waals surface area contributed by atoms with Crippen LogP contribution < -0.4 is 19.6 Å². The van der Waals surface area contributed by atoms with Crippen LogP contribution in [0.5, 0.6) is 34.5 Å². The Kier molecular flexibility index (Phi) is 5.24. The lowest BCUT2D eigenvalue weighted by atomic mass is 9.84. The summed E-state index contributed by atoms with van der Waals surface area (Å²) in [5, 5.41) is 31.4. The fourth-order valence-electron chi connectivity index (χ4n) is 4.35. The smallest absolute Gasteiger partial charge is 0.312 e. The van der Waals surface area contributed by atoms with Crippen LogP contribution in [-0.4, -0.2) is 35.5 Å². The molecule has 1 aliphatic rings. The number of rotatable bonds is 4. The number of phenols is 3. The van der Waals surface area contributed by atoms with E-state index in [0.717, 1.165) is 0 Å².